The van der Waals surface area contributed by atoms with Gasteiger partial charge >= 0.3 is 0 Å². The van der Waals surface area contributed by atoms with Gasteiger partial charge in [-0.1, -0.05) is 23.9 Å². The first-order valence-electron chi connectivity index (χ1n) is 9.06. The number of carbonyl (C=O) groups excluding carboxylic acids is 1. The van der Waals surface area contributed by atoms with E-state index in [0.29, 0.717) is 10.9 Å². The molecule has 3 aromatic rings. The highest BCUT2D eigenvalue weighted by atomic mass is 32.2. The van der Waals surface area contributed by atoms with Gasteiger partial charge in [0.05, 0.1) is 5.56 Å². The summed E-state index contributed by atoms with van der Waals surface area (Å²) in [4.78, 5) is 29.2. The quantitative estimate of drug-likeness (QED) is 0.502. The lowest BCUT2D eigenvalue weighted by molar-refractivity contribution is -0.116. The van der Waals surface area contributed by atoms with Gasteiger partial charge in [-0.3, -0.25) is 9.59 Å². The van der Waals surface area contributed by atoms with Crippen LogP contribution in [0.4, 0.5) is 19.0 Å². The number of anilines is 1. The Bertz CT molecular complexity index is 1180. The summed E-state index contributed by atoms with van der Waals surface area (Å²) in [5, 5.41) is 3.03. The van der Waals surface area contributed by atoms with Crippen LogP contribution in [0.2, 0.25) is 0 Å². The van der Waals surface area contributed by atoms with E-state index in [1.54, 1.807) is 23.7 Å². The first-order chi connectivity index (χ1) is 14.3. The van der Waals surface area contributed by atoms with Gasteiger partial charge in [0.25, 0.3) is 5.56 Å². The molecule has 1 aliphatic heterocycles. The molecule has 30 heavy (non-hydrogen) atoms. The summed E-state index contributed by atoms with van der Waals surface area (Å²) in [5.41, 5.74) is 0.660. The smallest absolute Gasteiger partial charge is 0.279 e. The molecular formula is C21H16F3N3O2S. The van der Waals surface area contributed by atoms with E-state index in [9.17, 15) is 22.8 Å². The molecule has 0 saturated heterocycles. The van der Waals surface area contributed by atoms with Gasteiger partial charge in [0, 0.05) is 31.2 Å². The Morgan fingerprint density at radius 1 is 1.07 bits per heavy atom. The molecule has 0 bridgehead atoms. The fraction of sp³-hybridized carbons (Fsp3) is 0.190. The molecule has 154 valence electrons. The van der Waals surface area contributed by atoms with E-state index in [0.717, 1.165) is 23.8 Å². The van der Waals surface area contributed by atoms with Crippen molar-refractivity contribution in [3.63, 3.8) is 0 Å². The standard InChI is InChI=1S/C21H16F3N3O2S/c1-27-19-18(16(9-17(28)25-19)12-6-14(23)8-15(24)7-12)20(29)26-21(27)30-10-11-2-4-13(22)5-3-11/h2-8,16H,9-10H2,1H3,(H,25,28)/t16-/m1/s1. The summed E-state index contributed by atoms with van der Waals surface area (Å²) in [6.07, 6.45) is -0.116. The highest BCUT2D eigenvalue weighted by Gasteiger charge is 2.32. The van der Waals surface area contributed by atoms with E-state index in [-0.39, 0.29) is 35.1 Å². The van der Waals surface area contributed by atoms with Gasteiger partial charge in [0.1, 0.15) is 23.3 Å². The molecule has 0 radical (unpaired) electrons. The number of amides is 1. The average Bonchev–Trinajstić information content (AvgIpc) is 2.69. The third kappa shape index (κ3) is 3.97. The number of hydrogen-bond donors (Lipinski definition) is 1. The molecular weight excluding hydrogens is 415 g/mol. The van der Waals surface area contributed by atoms with Crippen LogP contribution in [0.3, 0.4) is 0 Å². The zero-order valence-corrected chi connectivity index (χ0v) is 16.6. The predicted octanol–water partition coefficient (Wildman–Crippen LogP) is 3.96. The fourth-order valence-electron chi connectivity index (χ4n) is 3.45. The lowest BCUT2D eigenvalue weighted by Gasteiger charge is -2.27. The Morgan fingerprint density at radius 3 is 2.40 bits per heavy atom. The topological polar surface area (TPSA) is 64.0 Å². The van der Waals surface area contributed by atoms with Crippen LogP contribution in [0.1, 0.15) is 29.0 Å². The van der Waals surface area contributed by atoms with Gasteiger partial charge in [-0.2, -0.15) is 4.98 Å². The number of halogens is 3. The van der Waals surface area contributed by atoms with Crippen LogP contribution in [-0.4, -0.2) is 15.5 Å². The highest BCUT2D eigenvalue weighted by Crippen LogP contribution is 2.36. The van der Waals surface area contributed by atoms with Crippen LogP contribution in [-0.2, 0) is 17.6 Å². The third-order valence-electron chi connectivity index (χ3n) is 4.87. The lowest BCUT2D eigenvalue weighted by atomic mass is 9.86. The van der Waals surface area contributed by atoms with E-state index in [4.69, 9.17) is 0 Å². The lowest BCUT2D eigenvalue weighted by Crippen LogP contribution is -2.33. The monoisotopic (exact) mass is 431 g/mol. The minimum absolute atomic E-state index is 0.116. The van der Waals surface area contributed by atoms with E-state index in [1.165, 1.54) is 23.9 Å². The number of nitrogens with one attached hydrogen (secondary N) is 1. The Labute approximate surface area is 174 Å². The Balaban J connectivity index is 1.72. The first kappa shape index (κ1) is 20.2. The van der Waals surface area contributed by atoms with Crippen molar-refractivity contribution in [2.75, 3.05) is 5.32 Å². The maximum absolute atomic E-state index is 13.7. The number of aromatic nitrogens is 2. The van der Waals surface area contributed by atoms with E-state index < -0.39 is 23.1 Å². The summed E-state index contributed by atoms with van der Waals surface area (Å²) >= 11 is 1.25. The maximum atomic E-state index is 13.7. The molecule has 1 aliphatic rings. The number of benzene rings is 2. The zero-order valence-electron chi connectivity index (χ0n) is 15.8. The molecule has 0 aliphatic carbocycles. The predicted molar refractivity (Wildman–Crippen MR) is 107 cm³/mol. The number of rotatable bonds is 4. The van der Waals surface area contributed by atoms with Crippen LogP contribution in [0, 0.1) is 17.5 Å². The van der Waals surface area contributed by atoms with Crippen molar-refractivity contribution >= 4 is 23.5 Å². The second-order valence-corrected chi connectivity index (χ2v) is 7.89. The van der Waals surface area contributed by atoms with E-state index in [2.05, 4.69) is 10.3 Å². The summed E-state index contributed by atoms with van der Waals surface area (Å²) in [7, 11) is 1.65. The Kier molecular flexibility index (Phi) is 5.38. The normalized spacial score (nSPS) is 15.6. The molecule has 2 heterocycles. The van der Waals surface area contributed by atoms with Crippen molar-refractivity contribution in [2.24, 2.45) is 7.05 Å². The minimum atomic E-state index is -0.804. The Hall–Kier alpha value is -3.07. The van der Waals surface area contributed by atoms with Crippen LogP contribution in [0.25, 0.3) is 0 Å². The molecule has 5 nitrogen and oxygen atoms in total. The SMILES string of the molecule is Cn1c(SCc2ccc(F)cc2)nc(=O)c2c1NC(=O)C[C@@H]2c1cc(F)cc(F)c1. The van der Waals surface area contributed by atoms with Crippen LogP contribution in [0.15, 0.2) is 52.4 Å². The van der Waals surface area contributed by atoms with Crippen molar-refractivity contribution in [3.05, 3.63) is 87.0 Å². The van der Waals surface area contributed by atoms with Gasteiger partial charge in [0.15, 0.2) is 5.16 Å². The maximum Gasteiger partial charge on any atom is 0.279 e. The molecule has 1 aromatic heterocycles. The number of carbonyl (C=O) groups is 1. The Morgan fingerprint density at radius 2 is 1.73 bits per heavy atom. The summed E-state index contributed by atoms with van der Waals surface area (Å²) in [6, 6.07) is 8.93. The number of thioether (sulfide) groups is 1. The molecule has 9 heteroatoms. The minimum Gasteiger partial charge on any atom is -0.312 e. The van der Waals surface area contributed by atoms with Gasteiger partial charge in [-0.15, -0.1) is 0 Å². The molecule has 1 atom stereocenters. The van der Waals surface area contributed by atoms with Crippen LogP contribution < -0.4 is 10.9 Å². The average molecular weight is 431 g/mol. The molecule has 0 saturated carbocycles. The molecule has 1 amide bonds. The highest BCUT2D eigenvalue weighted by molar-refractivity contribution is 7.98. The first-order valence-corrected chi connectivity index (χ1v) is 10.0. The van der Waals surface area contributed by atoms with Gasteiger partial charge in [0.2, 0.25) is 5.91 Å². The molecule has 0 fully saturated rings. The summed E-state index contributed by atoms with van der Waals surface area (Å²) in [6.45, 7) is 0. The number of hydrogen-bond acceptors (Lipinski definition) is 4. The van der Waals surface area contributed by atoms with Crippen molar-refractivity contribution in [1.82, 2.24) is 9.55 Å². The summed E-state index contributed by atoms with van der Waals surface area (Å²) < 4.78 is 42.1. The van der Waals surface area contributed by atoms with Crippen molar-refractivity contribution < 1.29 is 18.0 Å². The number of nitrogens with zero attached hydrogens (tertiary/aromatic N) is 2. The second-order valence-electron chi connectivity index (χ2n) is 6.94. The molecule has 1 N–H and O–H groups in total. The van der Waals surface area contributed by atoms with Crippen molar-refractivity contribution in [1.29, 1.82) is 0 Å². The second kappa shape index (κ2) is 7.98. The summed E-state index contributed by atoms with van der Waals surface area (Å²) in [5.74, 6) is -2.39. The van der Waals surface area contributed by atoms with Crippen molar-refractivity contribution in [3.8, 4) is 0 Å². The van der Waals surface area contributed by atoms with Gasteiger partial charge in [-0.25, -0.2) is 13.2 Å². The van der Waals surface area contributed by atoms with Gasteiger partial charge < -0.3 is 9.88 Å². The van der Waals surface area contributed by atoms with Gasteiger partial charge in [-0.05, 0) is 35.4 Å². The van der Waals surface area contributed by atoms with Crippen LogP contribution in [0.5, 0.6) is 0 Å². The molecule has 4 rings (SSSR count). The molecule has 0 unspecified atom stereocenters. The van der Waals surface area contributed by atoms with Crippen LogP contribution >= 0.6 is 11.8 Å². The molecule has 0 spiro atoms. The third-order valence-corrected chi connectivity index (χ3v) is 5.97. The van der Waals surface area contributed by atoms with Crippen molar-refractivity contribution in [2.45, 2.75) is 23.2 Å². The van der Waals surface area contributed by atoms with E-state index >= 15 is 0 Å². The molecule has 2 aromatic carbocycles. The van der Waals surface area contributed by atoms with E-state index in [1.807, 2.05) is 0 Å². The fourth-order valence-corrected chi connectivity index (χ4v) is 4.37. The largest absolute Gasteiger partial charge is 0.312 e. The number of fused-ring (bicyclic) bond motifs is 1. The zero-order chi connectivity index (χ0) is 21.4.